The molecule has 0 radical (unpaired) electrons. The first-order chi connectivity index (χ1) is 8.02. The third kappa shape index (κ3) is 2.52. The second kappa shape index (κ2) is 4.53. The van der Waals surface area contributed by atoms with Gasteiger partial charge in [0.1, 0.15) is 5.67 Å². The molecular weight excluding hydrogens is 223 g/mol. The SMILES string of the molecule is CC(C)(F)c1cc(CCCO)c2c(c1)OCO2. The van der Waals surface area contributed by atoms with Gasteiger partial charge in [-0.05, 0) is 49.9 Å². The fourth-order valence-corrected chi connectivity index (χ4v) is 1.88. The highest BCUT2D eigenvalue weighted by Gasteiger charge is 2.25. The average molecular weight is 240 g/mol. The van der Waals surface area contributed by atoms with Gasteiger partial charge < -0.3 is 14.6 Å². The molecule has 0 amide bonds. The monoisotopic (exact) mass is 240 g/mol. The number of rotatable bonds is 4. The molecule has 0 fully saturated rings. The predicted octanol–water partition coefficient (Wildman–Crippen LogP) is 2.54. The van der Waals surface area contributed by atoms with Crippen LogP contribution in [0.3, 0.4) is 0 Å². The summed E-state index contributed by atoms with van der Waals surface area (Å²) >= 11 is 0. The van der Waals surface area contributed by atoms with Crippen molar-refractivity contribution in [2.45, 2.75) is 32.4 Å². The molecule has 94 valence electrons. The van der Waals surface area contributed by atoms with Crippen molar-refractivity contribution in [3.8, 4) is 11.5 Å². The van der Waals surface area contributed by atoms with Crippen LogP contribution in [0.1, 0.15) is 31.4 Å². The molecule has 0 saturated heterocycles. The largest absolute Gasteiger partial charge is 0.454 e. The van der Waals surface area contributed by atoms with Gasteiger partial charge in [0, 0.05) is 6.61 Å². The fourth-order valence-electron chi connectivity index (χ4n) is 1.88. The van der Waals surface area contributed by atoms with Crippen LogP contribution >= 0.6 is 0 Å². The number of aliphatic hydroxyl groups excluding tert-OH is 1. The molecule has 1 aromatic rings. The van der Waals surface area contributed by atoms with E-state index < -0.39 is 5.67 Å². The summed E-state index contributed by atoms with van der Waals surface area (Å²) in [7, 11) is 0. The molecule has 3 nitrogen and oxygen atoms in total. The predicted molar refractivity (Wildman–Crippen MR) is 62.1 cm³/mol. The van der Waals surface area contributed by atoms with Gasteiger partial charge in [-0.2, -0.15) is 0 Å². The molecule has 1 N–H and O–H groups in total. The summed E-state index contributed by atoms with van der Waals surface area (Å²) < 4.78 is 24.6. The first kappa shape index (κ1) is 12.2. The number of halogens is 1. The second-order valence-electron chi connectivity index (χ2n) is 4.67. The Bertz CT molecular complexity index is 410. The van der Waals surface area contributed by atoms with Crippen LogP contribution in [0.15, 0.2) is 12.1 Å². The summed E-state index contributed by atoms with van der Waals surface area (Å²) in [5.41, 5.74) is 0.0686. The molecule has 0 unspecified atom stereocenters. The molecule has 0 aliphatic carbocycles. The van der Waals surface area contributed by atoms with Crippen molar-refractivity contribution in [1.29, 1.82) is 0 Å². The molecule has 0 saturated carbocycles. The Balaban J connectivity index is 2.39. The van der Waals surface area contributed by atoms with Crippen LogP contribution < -0.4 is 9.47 Å². The van der Waals surface area contributed by atoms with Gasteiger partial charge in [0.25, 0.3) is 0 Å². The smallest absolute Gasteiger partial charge is 0.231 e. The molecule has 17 heavy (non-hydrogen) atoms. The maximum Gasteiger partial charge on any atom is 0.231 e. The standard InChI is InChI=1S/C13H17FO3/c1-13(2,14)10-6-9(4-3-5-15)12-11(7-10)16-8-17-12/h6-7,15H,3-5,8H2,1-2H3. The highest BCUT2D eigenvalue weighted by atomic mass is 19.1. The van der Waals surface area contributed by atoms with Crippen LogP contribution in [0.25, 0.3) is 0 Å². The Morgan fingerprint density at radius 3 is 2.76 bits per heavy atom. The Morgan fingerprint density at radius 2 is 2.12 bits per heavy atom. The number of hydrogen-bond acceptors (Lipinski definition) is 3. The Hall–Kier alpha value is -1.29. The minimum absolute atomic E-state index is 0.110. The minimum atomic E-state index is -1.41. The topological polar surface area (TPSA) is 38.7 Å². The summed E-state index contributed by atoms with van der Waals surface area (Å²) in [5.74, 6) is 1.28. The van der Waals surface area contributed by atoms with Crippen molar-refractivity contribution >= 4 is 0 Å². The summed E-state index contributed by atoms with van der Waals surface area (Å²) in [5, 5.41) is 8.86. The first-order valence-corrected chi connectivity index (χ1v) is 5.75. The molecular formula is C13H17FO3. The van der Waals surface area contributed by atoms with E-state index in [2.05, 4.69) is 0 Å². The number of aliphatic hydroxyl groups is 1. The molecule has 1 aliphatic rings. The van der Waals surface area contributed by atoms with E-state index in [4.69, 9.17) is 14.6 Å². The van der Waals surface area contributed by atoms with E-state index in [-0.39, 0.29) is 13.4 Å². The highest BCUT2D eigenvalue weighted by molar-refractivity contribution is 5.52. The van der Waals surface area contributed by atoms with Gasteiger partial charge in [-0.25, -0.2) is 4.39 Å². The third-order valence-corrected chi connectivity index (χ3v) is 2.84. The van der Waals surface area contributed by atoms with Crippen molar-refractivity contribution in [3.63, 3.8) is 0 Å². The zero-order valence-corrected chi connectivity index (χ0v) is 10.1. The van der Waals surface area contributed by atoms with Gasteiger partial charge in [-0.3, -0.25) is 0 Å². The number of hydrogen-bond donors (Lipinski definition) is 1. The zero-order valence-electron chi connectivity index (χ0n) is 10.1. The van der Waals surface area contributed by atoms with Crippen LogP contribution in [0.2, 0.25) is 0 Å². The highest BCUT2D eigenvalue weighted by Crippen LogP contribution is 2.40. The van der Waals surface area contributed by atoms with Crippen molar-refractivity contribution in [3.05, 3.63) is 23.3 Å². The summed E-state index contributed by atoms with van der Waals surface area (Å²) in [6.45, 7) is 3.32. The number of ether oxygens (including phenoxy) is 2. The van der Waals surface area contributed by atoms with Crippen molar-refractivity contribution in [2.75, 3.05) is 13.4 Å². The number of benzene rings is 1. The van der Waals surface area contributed by atoms with Gasteiger partial charge in [0.15, 0.2) is 11.5 Å². The first-order valence-electron chi connectivity index (χ1n) is 5.75. The van der Waals surface area contributed by atoms with E-state index in [1.54, 1.807) is 12.1 Å². The van der Waals surface area contributed by atoms with E-state index in [1.807, 2.05) is 0 Å². The van der Waals surface area contributed by atoms with Crippen LogP contribution in [-0.2, 0) is 12.1 Å². The number of aryl methyl sites for hydroxylation is 1. The maximum absolute atomic E-state index is 13.9. The molecule has 0 spiro atoms. The average Bonchev–Trinajstić information content (AvgIpc) is 2.72. The van der Waals surface area contributed by atoms with E-state index in [0.29, 0.717) is 29.9 Å². The Morgan fingerprint density at radius 1 is 1.35 bits per heavy atom. The van der Waals surface area contributed by atoms with E-state index in [9.17, 15) is 4.39 Å². The molecule has 4 heteroatoms. The zero-order chi connectivity index (χ0) is 12.5. The fraction of sp³-hybridized carbons (Fsp3) is 0.538. The van der Waals surface area contributed by atoms with E-state index in [0.717, 1.165) is 5.56 Å². The van der Waals surface area contributed by atoms with Gasteiger partial charge in [0.05, 0.1) is 0 Å². The molecule has 1 heterocycles. The van der Waals surface area contributed by atoms with Crippen LogP contribution in [-0.4, -0.2) is 18.5 Å². The van der Waals surface area contributed by atoms with Crippen LogP contribution in [0.5, 0.6) is 11.5 Å². The molecule has 2 rings (SSSR count). The lowest BCUT2D eigenvalue weighted by Crippen LogP contribution is -2.09. The number of alkyl halides is 1. The van der Waals surface area contributed by atoms with Gasteiger partial charge in [-0.1, -0.05) is 0 Å². The van der Waals surface area contributed by atoms with Crippen molar-refractivity contribution < 1.29 is 19.0 Å². The number of fused-ring (bicyclic) bond motifs is 1. The summed E-state index contributed by atoms with van der Waals surface area (Å²) in [6.07, 6.45) is 1.29. The molecule has 0 aromatic heterocycles. The minimum Gasteiger partial charge on any atom is -0.454 e. The molecule has 1 aliphatic heterocycles. The Kier molecular flexibility index (Phi) is 3.24. The van der Waals surface area contributed by atoms with Crippen LogP contribution in [0, 0.1) is 0 Å². The van der Waals surface area contributed by atoms with Crippen LogP contribution in [0.4, 0.5) is 4.39 Å². The molecule has 0 atom stereocenters. The normalized spacial score (nSPS) is 14.1. The lowest BCUT2D eigenvalue weighted by atomic mass is 9.95. The summed E-state index contributed by atoms with van der Waals surface area (Å²) in [4.78, 5) is 0. The molecule has 0 bridgehead atoms. The Labute approximate surface area is 100 Å². The van der Waals surface area contributed by atoms with Crippen molar-refractivity contribution in [2.24, 2.45) is 0 Å². The summed E-state index contributed by atoms with van der Waals surface area (Å²) in [6, 6.07) is 3.48. The van der Waals surface area contributed by atoms with Gasteiger partial charge in [0.2, 0.25) is 6.79 Å². The van der Waals surface area contributed by atoms with Gasteiger partial charge in [-0.15, -0.1) is 0 Å². The quantitative estimate of drug-likeness (QED) is 0.879. The molecule has 1 aromatic carbocycles. The van der Waals surface area contributed by atoms with Gasteiger partial charge >= 0.3 is 0 Å². The lowest BCUT2D eigenvalue weighted by molar-refractivity contribution is 0.172. The third-order valence-electron chi connectivity index (χ3n) is 2.84. The van der Waals surface area contributed by atoms with E-state index in [1.165, 1.54) is 13.8 Å². The van der Waals surface area contributed by atoms with Crippen molar-refractivity contribution in [1.82, 2.24) is 0 Å². The maximum atomic E-state index is 13.9. The second-order valence-corrected chi connectivity index (χ2v) is 4.67. The lowest BCUT2D eigenvalue weighted by Gasteiger charge is -2.17. The van der Waals surface area contributed by atoms with E-state index >= 15 is 0 Å².